The molecular weight excluding hydrogens is 276 g/mol. The van der Waals surface area contributed by atoms with Crippen LogP contribution in [0, 0.1) is 0 Å². The number of nitrogens with one attached hydrogen (secondary N) is 1. The van der Waals surface area contributed by atoms with E-state index in [-0.39, 0.29) is 0 Å². The third-order valence-electron chi connectivity index (χ3n) is 5.25. The highest BCUT2D eigenvalue weighted by Gasteiger charge is 2.34. The van der Waals surface area contributed by atoms with E-state index < -0.39 is 0 Å². The molecule has 3 rings (SSSR count). The summed E-state index contributed by atoms with van der Waals surface area (Å²) < 4.78 is 0. The molecule has 2 aliphatic heterocycles. The van der Waals surface area contributed by atoms with Crippen LogP contribution in [0.1, 0.15) is 50.6 Å². The minimum atomic E-state index is 0.536. The molecule has 21 heavy (non-hydrogen) atoms. The molecule has 2 nitrogen and oxygen atoms in total. The number of piperidine rings is 1. The van der Waals surface area contributed by atoms with Crippen LogP contribution in [0.2, 0.25) is 0 Å². The van der Waals surface area contributed by atoms with Crippen molar-refractivity contribution < 1.29 is 0 Å². The van der Waals surface area contributed by atoms with Gasteiger partial charge in [0.2, 0.25) is 0 Å². The van der Waals surface area contributed by atoms with Crippen molar-refractivity contribution in [1.29, 1.82) is 0 Å². The molecule has 1 aromatic rings. The SMILES string of the molecule is CSc1ccc(C(C)N2CCCCC2C2CCCN2)cc1. The quantitative estimate of drug-likeness (QED) is 0.844. The lowest BCUT2D eigenvalue weighted by molar-refractivity contribution is 0.0803. The van der Waals surface area contributed by atoms with Crippen molar-refractivity contribution in [3.8, 4) is 0 Å². The van der Waals surface area contributed by atoms with E-state index in [1.54, 1.807) is 0 Å². The zero-order valence-corrected chi connectivity index (χ0v) is 14.2. The molecular formula is C18H28N2S. The van der Waals surface area contributed by atoms with E-state index in [0.717, 1.165) is 12.1 Å². The molecule has 0 bridgehead atoms. The first-order valence-corrected chi connectivity index (χ1v) is 9.65. The van der Waals surface area contributed by atoms with Crippen molar-refractivity contribution >= 4 is 11.8 Å². The number of benzene rings is 1. The van der Waals surface area contributed by atoms with Gasteiger partial charge in [0.25, 0.3) is 0 Å². The predicted octanol–water partition coefficient (Wildman–Crippen LogP) is 4.08. The Hall–Kier alpha value is -0.510. The zero-order valence-electron chi connectivity index (χ0n) is 13.3. The summed E-state index contributed by atoms with van der Waals surface area (Å²) in [6.45, 7) is 4.86. The Labute approximate surface area is 133 Å². The van der Waals surface area contributed by atoms with Gasteiger partial charge in [0.1, 0.15) is 0 Å². The second-order valence-electron chi connectivity index (χ2n) is 6.45. The number of rotatable bonds is 4. The molecule has 1 aromatic carbocycles. The van der Waals surface area contributed by atoms with Gasteiger partial charge < -0.3 is 5.32 Å². The summed E-state index contributed by atoms with van der Waals surface area (Å²) in [5.74, 6) is 0. The summed E-state index contributed by atoms with van der Waals surface area (Å²) >= 11 is 1.82. The minimum absolute atomic E-state index is 0.536. The summed E-state index contributed by atoms with van der Waals surface area (Å²) in [7, 11) is 0. The molecule has 3 atom stereocenters. The maximum absolute atomic E-state index is 3.74. The van der Waals surface area contributed by atoms with E-state index in [9.17, 15) is 0 Å². The van der Waals surface area contributed by atoms with E-state index >= 15 is 0 Å². The van der Waals surface area contributed by atoms with Gasteiger partial charge in [-0.1, -0.05) is 18.6 Å². The molecule has 0 spiro atoms. The smallest absolute Gasteiger partial charge is 0.0323 e. The summed E-state index contributed by atoms with van der Waals surface area (Å²) in [5.41, 5.74) is 1.47. The molecule has 0 aromatic heterocycles. The van der Waals surface area contributed by atoms with Gasteiger partial charge in [0.15, 0.2) is 0 Å². The topological polar surface area (TPSA) is 15.3 Å². The zero-order chi connectivity index (χ0) is 14.7. The fourth-order valence-electron chi connectivity index (χ4n) is 4.01. The van der Waals surface area contributed by atoms with Crippen LogP contribution in [0.25, 0.3) is 0 Å². The molecule has 0 aliphatic carbocycles. The summed E-state index contributed by atoms with van der Waals surface area (Å²) in [4.78, 5) is 4.12. The number of thioether (sulfide) groups is 1. The molecule has 1 N–H and O–H groups in total. The van der Waals surface area contributed by atoms with Crippen LogP contribution in [0.5, 0.6) is 0 Å². The molecule has 0 amide bonds. The van der Waals surface area contributed by atoms with E-state index in [2.05, 4.69) is 47.7 Å². The normalized spacial score (nSPS) is 28.7. The van der Waals surface area contributed by atoms with Crippen molar-refractivity contribution in [2.24, 2.45) is 0 Å². The van der Waals surface area contributed by atoms with Crippen LogP contribution < -0.4 is 5.32 Å². The number of likely N-dealkylation sites (tertiary alicyclic amines) is 1. The highest BCUT2D eigenvalue weighted by atomic mass is 32.2. The summed E-state index contributed by atoms with van der Waals surface area (Å²) in [6.07, 6.45) is 8.98. The van der Waals surface area contributed by atoms with Gasteiger partial charge in [-0.05, 0) is 69.6 Å². The van der Waals surface area contributed by atoms with Crippen LogP contribution in [-0.4, -0.2) is 36.3 Å². The summed E-state index contributed by atoms with van der Waals surface area (Å²) in [5, 5.41) is 3.74. The number of hydrogen-bond acceptors (Lipinski definition) is 3. The Morgan fingerprint density at radius 3 is 2.62 bits per heavy atom. The fourth-order valence-corrected chi connectivity index (χ4v) is 4.41. The van der Waals surface area contributed by atoms with E-state index in [0.29, 0.717) is 6.04 Å². The lowest BCUT2D eigenvalue weighted by atomic mass is 9.91. The van der Waals surface area contributed by atoms with Gasteiger partial charge in [0, 0.05) is 23.0 Å². The Morgan fingerprint density at radius 2 is 1.95 bits per heavy atom. The van der Waals surface area contributed by atoms with Crippen molar-refractivity contribution in [1.82, 2.24) is 10.2 Å². The van der Waals surface area contributed by atoms with E-state index in [1.165, 1.54) is 55.7 Å². The fraction of sp³-hybridized carbons (Fsp3) is 0.667. The van der Waals surface area contributed by atoms with Crippen LogP contribution in [0.15, 0.2) is 29.2 Å². The Balaban J connectivity index is 1.74. The summed E-state index contributed by atoms with van der Waals surface area (Å²) in [6, 6.07) is 11.2. The first kappa shape index (κ1) is 15.4. The highest BCUT2D eigenvalue weighted by molar-refractivity contribution is 7.98. The monoisotopic (exact) mass is 304 g/mol. The second kappa shape index (κ2) is 7.17. The molecule has 3 heteroatoms. The maximum Gasteiger partial charge on any atom is 0.0323 e. The van der Waals surface area contributed by atoms with Crippen molar-refractivity contribution in [3.63, 3.8) is 0 Å². The van der Waals surface area contributed by atoms with Gasteiger partial charge in [-0.3, -0.25) is 4.90 Å². The number of hydrogen-bond donors (Lipinski definition) is 1. The molecule has 2 heterocycles. The van der Waals surface area contributed by atoms with Crippen LogP contribution in [0.3, 0.4) is 0 Å². The average Bonchev–Trinajstić information content (AvgIpc) is 3.08. The van der Waals surface area contributed by atoms with Gasteiger partial charge in [0.05, 0.1) is 0 Å². The highest BCUT2D eigenvalue weighted by Crippen LogP contribution is 2.32. The average molecular weight is 305 g/mol. The van der Waals surface area contributed by atoms with Crippen molar-refractivity contribution in [2.75, 3.05) is 19.3 Å². The molecule has 3 unspecified atom stereocenters. The second-order valence-corrected chi connectivity index (χ2v) is 7.33. The first-order valence-electron chi connectivity index (χ1n) is 8.42. The molecule has 2 saturated heterocycles. The molecule has 0 saturated carbocycles. The van der Waals surface area contributed by atoms with Crippen LogP contribution >= 0.6 is 11.8 Å². The van der Waals surface area contributed by atoms with Gasteiger partial charge in [-0.15, -0.1) is 11.8 Å². The van der Waals surface area contributed by atoms with Gasteiger partial charge >= 0.3 is 0 Å². The molecule has 2 fully saturated rings. The Bertz CT molecular complexity index is 439. The van der Waals surface area contributed by atoms with E-state index in [1.807, 2.05) is 11.8 Å². The van der Waals surface area contributed by atoms with Crippen molar-refractivity contribution in [3.05, 3.63) is 29.8 Å². The largest absolute Gasteiger partial charge is 0.312 e. The standard InChI is InChI=1S/C18H28N2S/c1-14(15-8-10-16(21-2)11-9-15)20-13-4-3-7-18(20)17-6-5-12-19-17/h8-11,14,17-19H,3-7,12-13H2,1-2H3. The third-order valence-corrected chi connectivity index (χ3v) is 5.99. The molecule has 2 aliphatic rings. The van der Waals surface area contributed by atoms with Gasteiger partial charge in [-0.2, -0.15) is 0 Å². The lowest BCUT2D eigenvalue weighted by Crippen LogP contribution is -2.50. The van der Waals surface area contributed by atoms with Crippen LogP contribution in [0.4, 0.5) is 0 Å². The minimum Gasteiger partial charge on any atom is -0.312 e. The third kappa shape index (κ3) is 3.46. The predicted molar refractivity (Wildman–Crippen MR) is 92.0 cm³/mol. The Morgan fingerprint density at radius 1 is 1.14 bits per heavy atom. The van der Waals surface area contributed by atoms with E-state index in [4.69, 9.17) is 0 Å². The molecule has 0 radical (unpaired) electrons. The Kier molecular flexibility index (Phi) is 5.25. The number of nitrogens with zero attached hydrogens (tertiary/aromatic N) is 1. The van der Waals surface area contributed by atoms with Gasteiger partial charge in [-0.25, -0.2) is 0 Å². The van der Waals surface area contributed by atoms with Crippen molar-refractivity contribution in [2.45, 2.75) is 62.0 Å². The first-order chi connectivity index (χ1) is 10.3. The lowest BCUT2D eigenvalue weighted by Gasteiger charge is -2.43. The van der Waals surface area contributed by atoms with Crippen LogP contribution in [-0.2, 0) is 0 Å². The molecule has 116 valence electrons. The maximum atomic E-state index is 3.74.